The lowest BCUT2D eigenvalue weighted by molar-refractivity contribution is 0.701. The highest BCUT2D eigenvalue weighted by Crippen LogP contribution is 2.18. The van der Waals surface area contributed by atoms with Gasteiger partial charge in [-0.15, -0.1) is 15.0 Å². The van der Waals surface area contributed by atoms with E-state index >= 15 is 0 Å². The number of tetrazole rings is 1. The molecule has 6 nitrogen and oxygen atoms in total. The van der Waals surface area contributed by atoms with E-state index < -0.39 is 0 Å². The smallest absolute Gasteiger partial charge is 0.195 e. The maximum absolute atomic E-state index is 5.85. The first kappa shape index (κ1) is 7.93. The Labute approximate surface area is 78.3 Å². The molecule has 0 saturated carbocycles. The van der Waals surface area contributed by atoms with Crippen LogP contribution in [-0.2, 0) is 0 Å². The number of halogens is 1. The minimum absolute atomic E-state index is 0.387. The Morgan fingerprint density at radius 2 is 2.31 bits per heavy atom. The second kappa shape index (κ2) is 2.98. The third-order valence-electron chi connectivity index (χ3n) is 1.38. The zero-order chi connectivity index (χ0) is 9.26. The molecule has 13 heavy (non-hydrogen) atoms. The van der Waals surface area contributed by atoms with Crippen LogP contribution < -0.4 is 5.73 Å². The summed E-state index contributed by atoms with van der Waals surface area (Å²) in [6.45, 7) is 0. The van der Waals surface area contributed by atoms with Gasteiger partial charge in [0, 0.05) is 0 Å². The van der Waals surface area contributed by atoms with Crippen LogP contribution in [-0.4, -0.2) is 25.2 Å². The number of nitrogen functional groups attached to an aromatic ring is 1. The van der Waals surface area contributed by atoms with Crippen molar-refractivity contribution in [2.24, 2.45) is 0 Å². The Morgan fingerprint density at radius 3 is 2.92 bits per heavy atom. The van der Waals surface area contributed by atoms with Crippen molar-refractivity contribution in [3.8, 4) is 5.82 Å². The van der Waals surface area contributed by atoms with Gasteiger partial charge in [0.1, 0.15) is 0 Å². The molecule has 0 amide bonds. The van der Waals surface area contributed by atoms with E-state index in [9.17, 15) is 0 Å². The number of nitrogens with zero attached hydrogens (tertiary/aromatic N) is 5. The summed E-state index contributed by atoms with van der Waals surface area (Å²) in [4.78, 5) is 5.19. The largest absolute Gasteiger partial charge is 0.397 e. The summed E-state index contributed by atoms with van der Waals surface area (Å²) in [6, 6.07) is 1.58. The second-order valence-electron chi connectivity index (χ2n) is 2.30. The van der Waals surface area contributed by atoms with E-state index in [1.807, 2.05) is 0 Å². The van der Waals surface area contributed by atoms with E-state index in [1.165, 1.54) is 17.3 Å². The molecule has 0 aliphatic rings. The third kappa shape index (κ3) is 1.43. The van der Waals surface area contributed by atoms with Gasteiger partial charge in [-0.25, -0.2) is 4.98 Å². The van der Waals surface area contributed by atoms with Gasteiger partial charge in [-0.05, 0) is 11.3 Å². The van der Waals surface area contributed by atoms with Crippen LogP contribution in [0.5, 0.6) is 0 Å². The summed E-state index contributed by atoms with van der Waals surface area (Å²) in [5.41, 5.74) is 5.96. The van der Waals surface area contributed by atoms with Crippen LogP contribution in [0, 0.1) is 0 Å². The molecule has 66 valence electrons. The molecule has 0 aliphatic carbocycles. The average molecular weight is 197 g/mol. The van der Waals surface area contributed by atoms with Gasteiger partial charge >= 0.3 is 0 Å². The van der Waals surface area contributed by atoms with Crippen molar-refractivity contribution in [2.45, 2.75) is 0 Å². The first-order valence-electron chi connectivity index (χ1n) is 3.42. The molecule has 2 aromatic rings. The fraction of sp³-hybridized carbons (Fsp3) is 0. The van der Waals surface area contributed by atoms with Gasteiger partial charge < -0.3 is 5.73 Å². The lowest BCUT2D eigenvalue weighted by Crippen LogP contribution is -2.03. The van der Waals surface area contributed by atoms with Crippen LogP contribution in [0.25, 0.3) is 5.82 Å². The van der Waals surface area contributed by atoms with Crippen molar-refractivity contribution in [3.63, 3.8) is 0 Å². The lowest BCUT2D eigenvalue weighted by atomic mass is 10.4. The van der Waals surface area contributed by atoms with Crippen LogP contribution in [0.4, 0.5) is 5.69 Å². The van der Waals surface area contributed by atoms with E-state index in [4.69, 9.17) is 17.3 Å². The number of aromatic nitrogens is 5. The summed E-state index contributed by atoms with van der Waals surface area (Å²) >= 11 is 5.85. The molecule has 0 fully saturated rings. The molecular formula is C6H5ClN6. The summed E-state index contributed by atoms with van der Waals surface area (Å²) < 4.78 is 0. The number of nitrogens with two attached hydrogens (primary N) is 1. The minimum atomic E-state index is 0.387. The molecule has 7 heteroatoms. The molecule has 0 aliphatic heterocycles. The summed E-state index contributed by atoms with van der Waals surface area (Å²) in [5, 5.41) is 11.3. The molecule has 2 heterocycles. The lowest BCUT2D eigenvalue weighted by Gasteiger charge is -2.00. The molecule has 0 unspecified atom stereocenters. The molecule has 0 saturated heterocycles. The molecule has 2 aromatic heterocycles. The third-order valence-corrected chi connectivity index (χ3v) is 1.66. The van der Waals surface area contributed by atoms with E-state index in [0.29, 0.717) is 16.5 Å². The molecule has 0 atom stereocenters. The minimum Gasteiger partial charge on any atom is -0.397 e. The number of rotatable bonds is 1. The van der Waals surface area contributed by atoms with Crippen molar-refractivity contribution in [1.82, 2.24) is 25.2 Å². The number of pyridine rings is 1. The van der Waals surface area contributed by atoms with Crippen LogP contribution >= 0.6 is 11.6 Å². The van der Waals surface area contributed by atoms with Gasteiger partial charge in [0.05, 0.1) is 16.9 Å². The van der Waals surface area contributed by atoms with Crippen LogP contribution in [0.2, 0.25) is 5.02 Å². The highest BCUT2D eigenvalue weighted by atomic mass is 35.5. The van der Waals surface area contributed by atoms with Crippen molar-refractivity contribution in [2.75, 3.05) is 5.73 Å². The SMILES string of the molecule is Nc1cnc(-n2ncnn2)c(Cl)c1. The van der Waals surface area contributed by atoms with Crippen molar-refractivity contribution >= 4 is 17.3 Å². The first-order valence-corrected chi connectivity index (χ1v) is 3.79. The second-order valence-corrected chi connectivity index (χ2v) is 2.71. The molecular weight excluding hydrogens is 192 g/mol. The quantitative estimate of drug-likeness (QED) is 0.709. The normalized spacial score (nSPS) is 10.2. The van der Waals surface area contributed by atoms with E-state index in [1.54, 1.807) is 6.07 Å². The molecule has 2 N–H and O–H groups in total. The fourth-order valence-electron chi connectivity index (χ4n) is 0.857. The Morgan fingerprint density at radius 1 is 1.46 bits per heavy atom. The van der Waals surface area contributed by atoms with Crippen molar-refractivity contribution in [3.05, 3.63) is 23.6 Å². The Balaban J connectivity index is 2.53. The Hall–Kier alpha value is -1.69. The standard InChI is InChI=1S/C6H5ClN6/c7-5-1-4(8)2-9-6(5)13-11-3-10-12-13/h1-3H,8H2. The van der Waals surface area contributed by atoms with E-state index in [2.05, 4.69) is 20.4 Å². The molecule has 0 spiro atoms. The predicted octanol–water partition coefficient (Wildman–Crippen LogP) is 0.293. The number of anilines is 1. The van der Waals surface area contributed by atoms with Gasteiger partial charge in [0.15, 0.2) is 12.1 Å². The Kier molecular flexibility index (Phi) is 1.82. The van der Waals surface area contributed by atoms with E-state index in [-0.39, 0.29) is 0 Å². The van der Waals surface area contributed by atoms with Crippen LogP contribution in [0.3, 0.4) is 0 Å². The van der Waals surface area contributed by atoms with Crippen molar-refractivity contribution in [1.29, 1.82) is 0 Å². The van der Waals surface area contributed by atoms with Crippen molar-refractivity contribution < 1.29 is 0 Å². The Bertz CT molecular complexity index is 411. The maximum atomic E-state index is 5.85. The topological polar surface area (TPSA) is 82.5 Å². The molecule has 0 bridgehead atoms. The van der Waals surface area contributed by atoms with Crippen LogP contribution in [0.15, 0.2) is 18.6 Å². The molecule has 0 aromatic carbocycles. The first-order chi connectivity index (χ1) is 6.27. The zero-order valence-electron chi connectivity index (χ0n) is 6.42. The van der Waals surface area contributed by atoms with Crippen LogP contribution in [0.1, 0.15) is 0 Å². The molecule has 2 rings (SSSR count). The monoisotopic (exact) mass is 196 g/mol. The highest BCUT2D eigenvalue weighted by Gasteiger charge is 2.05. The average Bonchev–Trinajstić information content (AvgIpc) is 2.56. The summed E-state index contributed by atoms with van der Waals surface area (Å²) in [7, 11) is 0. The summed E-state index contributed by atoms with van der Waals surface area (Å²) in [6.07, 6.45) is 2.78. The molecule has 0 radical (unpaired) electrons. The fourth-order valence-corrected chi connectivity index (χ4v) is 1.11. The van der Waals surface area contributed by atoms with E-state index in [0.717, 1.165) is 0 Å². The van der Waals surface area contributed by atoms with Gasteiger partial charge in [0.25, 0.3) is 0 Å². The maximum Gasteiger partial charge on any atom is 0.195 e. The van der Waals surface area contributed by atoms with Gasteiger partial charge in [-0.2, -0.15) is 0 Å². The summed E-state index contributed by atoms with van der Waals surface area (Å²) in [5.74, 6) is 0.411. The van der Waals surface area contributed by atoms with Gasteiger partial charge in [-0.3, -0.25) is 0 Å². The predicted molar refractivity (Wildman–Crippen MR) is 46.4 cm³/mol. The highest BCUT2D eigenvalue weighted by molar-refractivity contribution is 6.32. The number of hydrogen-bond donors (Lipinski definition) is 1. The number of hydrogen-bond acceptors (Lipinski definition) is 5. The van der Waals surface area contributed by atoms with Gasteiger partial charge in [0.2, 0.25) is 0 Å². The zero-order valence-corrected chi connectivity index (χ0v) is 7.18. The van der Waals surface area contributed by atoms with Gasteiger partial charge in [-0.1, -0.05) is 11.6 Å².